The second-order valence-corrected chi connectivity index (χ2v) is 7.26. The van der Waals surface area contributed by atoms with E-state index in [1.165, 1.54) is 6.07 Å². The quantitative estimate of drug-likeness (QED) is 0.752. The Morgan fingerprint density at radius 2 is 2.00 bits per heavy atom. The highest BCUT2D eigenvalue weighted by molar-refractivity contribution is 5.78. The van der Waals surface area contributed by atoms with E-state index in [0.29, 0.717) is 18.7 Å². The predicted molar refractivity (Wildman–Crippen MR) is 99.3 cm³/mol. The van der Waals surface area contributed by atoms with Crippen molar-refractivity contribution in [2.45, 2.75) is 25.8 Å². The minimum Gasteiger partial charge on any atom is -0.379 e. The van der Waals surface area contributed by atoms with Gasteiger partial charge in [0.05, 0.1) is 19.1 Å². The van der Waals surface area contributed by atoms with Crippen LogP contribution >= 0.6 is 0 Å². The van der Waals surface area contributed by atoms with E-state index in [1.54, 1.807) is 6.07 Å². The normalized spacial score (nSPS) is 22.3. The first-order valence-corrected chi connectivity index (χ1v) is 9.76. The van der Waals surface area contributed by atoms with Crippen LogP contribution in [0, 0.1) is 11.7 Å². The number of carbonyl (C=O) groups excluding carboxylic acids is 1. The molecule has 1 amide bonds. The van der Waals surface area contributed by atoms with E-state index < -0.39 is 0 Å². The van der Waals surface area contributed by atoms with Crippen LogP contribution in [-0.2, 0) is 16.1 Å². The maximum atomic E-state index is 13.8. The Labute approximate surface area is 155 Å². The van der Waals surface area contributed by atoms with Crippen molar-refractivity contribution in [3.05, 3.63) is 35.6 Å². The number of hydrogen-bond acceptors (Lipinski definition) is 4. The van der Waals surface area contributed by atoms with Crippen molar-refractivity contribution in [3.8, 4) is 0 Å². The minimum atomic E-state index is -0.165. The molecule has 1 N–H and O–H groups in total. The van der Waals surface area contributed by atoms with Gasteiger partial charge in [-0.3, -0.25) is 14.6 Å². The third-order valence-electron chi connectivity index (χ3n) is 5.28. The molecule has 0 bridgehead atoms. The Balaban J connectivity index is 1.38. The van der Waals surface area contributed by atoms with Gasteiger partial charge in [-0.15, -0.1) is 0 Å². The number of piperidine rings is 1. The van der Waals surface area contributed by atoms with Crippen molar-refractivity contribution < 1.29 is 13.9 Å². The Bertz CT molecular complexity index is 578. The fraction of sp³-hybridized carbons (Fsp3) is 0.650. The van der Waals surface area contributed by atoms with Crippen LogP contribution in [0.2, 0.25) is 0 Å². The van der Waals surface area contributed by atoms with Crippen molar-refractivity contribution in [2.75, 3.05) is 52.5 Å². The van der Waals surface area contributed by atoms with Gasteiger partial charge in [0, 0.05) is 38.3 Å². The number of nitrogens with zero attached hydrogens (tertiary/aromatic N) is 2. The third-order valence-corrected chi connectivity index (χ3v) is 5.28. The number of carbonyl (C=O) groups is 1. The first kappa shape index (κ1) is 19.3. The lowest BCUT2D eigenvalue weighted by atomic mass is 9.96. The van der Waals surface area contributed by atoms with Crippen molar-refractivity contribution in [1.29, 1.82) is 0 Å². The van der Waals surface area contributed by atoms with Gasteiger partial charge in [-0.2, -0.15) is 0 Å². The molecule has 5 nitrogen and oxygen atoms in total. The molecule has 3 rings (SSSR count). The molecule has 2 heterocycles. The van der Waals surface area contributed by atoms with Gasteiger partial charge >= 0.3 is 0 Å². The van der Waals surface area contributed by atoms with Gasteiger partial charge in [0.15, 0.2) is 0 Å². The van der Waals surface area contributed by atoms with Crippen LogP contribution in [0.5, 0.6) is 0 Å². The zero-order valence-corrected chi connectivity index (χ0v) is 15.5. The monoisotopic (exact) mass is 363 g/mol. The molecular formula is C20H30FN3O2. The van der Waals surface area contributed by atoms with Gasteiger partial charge in [0.1, 0.15) is 5.82 Å². The summed E-state index contributed by atoms with van der Waals surface area (Å²) in [6.45, 7) is 7.54. The standard InChI is InChI=1S/C20H30FN3O2/c21-19-7-2-1-5-17(19)15-24-9-3-6-18(16-24)20(25)22-8-4-10-23-11-13-26-14-12-23/h1-2,5,7,18H,3-4,6,8-16H2,(H,22,25). The van der Waals surface area contributed by atoms with Crippen LogP contribution in [-0.4, -0.2) is 68.2 Å². The van der Waals surface area contributed by atoms with E-state index in [0.717, 1.165) is 65.2 Å². The van der Waals surface area contributed by atoms with E-state index in [1.807, 2.05) is 12.1 Å². The molecule has 2 aliphatic heterocycles. The maximum Gasteiger partial charge on any atom is 0.224 e. The smallest absolute Gasteiger partial charge is 0.224 e. The molecule has 0 aliphatic carbocycles. The molecule has 1 aromatic carbocycles. The zero-order chi connectivity index (χ0) is 18.2. The summed E-state index contributed by atoms with van der Waals surface area (Å²) in [4.78, 5) is 17.0. The predicted octanol–water partition coefficient (Wildman–Crippen LogP) is 1.88. The van der Waals surface area contributed by atoms with Gasteiger partial charge in [0.2, 0.25) is 5.91 Å². The van der Waals surface area contributed by atoms with Gasteiger partial charge in [-0.05, 0) is 38.4 Å². The average molecular weight is 363 g/mol. The summed E-state index contributed by atoms with van der Waals surface area (Å²) in [6, 6.07) is 6.89. The van der Waals surface area contributed by atoms with E-state index in [9.17, 15) is 9.18 Å². The Morgan fingerprint density at radius 1 is 1.19 bits per heavy atom. The maximum absolute atomic E-state index is 13.8. The number of likely N-dealkylation sites (tertiary alicyclic amines) is 1. The topological polar surface area (TPSA) is 44.8 Å². The summed E-state index contributed by atoms with van der Waals surface area (Å²) in [5.41, 5.74) is 0.707. The lowest BCUT2D eigenvalue weighted by Crippen LogP contribution is -2.43. The molecule has 1 unspecified atom stereocenters. The largest absolute Gasteiger partial charge is 0.379 e. The molecule has 2 fully saturated rings. The number of nitrogens with one attached hydrogen (secondary N) is 1. The third kappa shape index (κ3) is 5.76. The van der Waals surface area contributed by atoms with Crippen LogP contribution in [0.25, 0.3) is 0 Å². The first-order chi connectivity index (χ1) is 12.7. The van der Waals surface area contributed by atoms with Gasteiger partial charge in [-0.25, -0.2) is 4.39 Å². The fourth-order valence-electron chi connectivity index (χ4n) is 3.76. The van der Waals surface area contributed by atoms with Gasteiger partial charge < -0.3 is 10.1 Å². The van der Waals surface area contributed by atoms with Crippen molar-refractivity contribution in [1.82, 2.24) is 15.1 Å². The van der Waals surface area contributed by atoms with Crippen molar-refractivity contribution >= 4 is 5.91 Å². The van der Waals surface area contributed by atoms with Crippen LogP contribution in [0.4, 0.5) is 4.39 Å². The molecule has 0 saturated carbocycles. The van der Waals surface area contributed by atoms with E-state index in [4.69, 9.17) is 4.74 Å². The molecule has 1 aromatic rings. The number of halogens is 1. The van der Waals surface area contributed by atoms with Crippen molar-refractivity contribution in [2.24, 2.45) is 5.92 Å². The van der Waals surface area contributed by atoms with Gasteiger partial charge in [0.25, 0.3) is 0 Å². The summed E-state index contributed by atoms with van der Waals surface area (Å²) in [5, 5.41) is 3.09. The molecule has 2 saturated heterocycles. The number of ether oxygens (including phenoxy) is 1. The Kier molecular flexibility index (Phi) is 7.41. The molecule has 0 spiro atoms. The fourth-order valence-corrected chi connectivity index (χ4v) is 3.76. The number of amides is 1. The lowest BCUT2D eigenvalue weighted by molar-refractivity contribution is -0.126. The van der Waals surface area contributed by atoms with Crippen LogP contribution < -0.4 is 5.32 Å². The Hall–Kier alpha value is -1.50. The molecular weight excluding hydrogens is 333 g/mol. The van der Waals surface area contributed by atoms with Crippen molar-refractivity contribution in [3.63, 3.8) is 0 Å². The first-order valence-electron chi connectivity index (χ1n) is 9.76. The summed E-state index contributed by atoms with van der Waals surface area (Å²) >= 11 is 0. The van der Waals surface area contributed by atoms with E-state index >= 15 is 0 Å². The summed E-state index contributed by atoms with van der Waals surface area (Å²) in [5.74, 6) is -0.00805. The zero-order valence-electron chi connectivity index (χ0n) is 15.5. The number of rotatable bonds is 7. The van der Waals surface area contributed by atoms with E-state index in [-0.39, 0.29) is 17.6 Å². The highest BCUT2D eigenvalue weighted by atomic mass is 19.1. The Morgan fingerprint density at radius 3 is 2.81 bits per heavy atom. The van der Waals surface area contributed by atoms with Crippen LogP contribution in [0.1, 0.15) is 24.8 Å². The van der Waals surface area contributed by atoms with Crippen LogP contribution in [0.3, 0.4) is 0 Å². The molecule has 26 heavy (non-hydrogen) atoms. The highest BCUT2D eigenvalue weighted by Crippen LogP contribution is 2.19. The summed E-state index contributed by atoms with van der Waals surface area (Å²) in [7, 11) is 0. The van der Waals surface area contributed by atoms with E-state index in [2.05, 4.69) is 15.1 Å². The molecule has 2 aliphatic rings. The van der Waals surface area contributed by atoms with Crippen LogP contribution in [0.15, 0.2) is 24.3 Å². The van der Waals surface area contributed by atoms with Gasteiger partial charge in [-0.1, -0.05) is 18.2 Å². The highest BCUT2D eigenvalue weighted by Gasteiger charge is 2.26. The SMILES string of the molecule is O=C(NCCCN1CCOCC1)C1CCCN(Cc2ccccc2F)C1. The molecule has 144 valence electrons. The molecule has 0 aromatic heterocycles. The average Bonchev–Trinajstić information content (AvgIpc) is 2.68. The number of hydrogen-bond donors (Lipinski definition) is 1. The summed E-state index contributed by atoms with van der Waals surface area (Å²) < 4.78 is 19.2. The molecule has 1 atom stereocenters. The lowest BCUT2D eigenvalue weighted by Gasteiger charge is -2.32. The number of benzene rings is 1. The number of morpholine rings is 1. The second-order valence-electron chi connectivity index (χ2n) is 7.26. The second kappa shape index (κ2) is 10.00. The summed E-state index contributed by atoms with van der Waals surface area (Å²) in [6.07, 6.45) is 2.88. The minimum absolute atomic E-state index is 0.0129. The molecule has 6 heteroatoms. The molecule has 0 radical (unpaired) electrons.